The lowest BCUT2D eigenvalue weighted by atomic mass is 10.1. The Bertz CT molecular complexity index is 1070. The first-order chi connectivity index (χ1) is 14.6. The van der Waals surface area contributed by atoms with Crippen molar-refractivity contribution in [3.63, 3.8) is 0 Å². The Morgan fingerprint density at radius 1 is 0.968 bits per heavy atom. The molecule has 0 saturated heterocycles. The van der Waals surface area contributed by atoms with Gasteiger partial charge in [0, 0.05) is 43.8 Å². The second kappa shape index (κ2) is 8.58. The van der Waals surface area contributed by atoms with E-state index < -0.39 is 16.7 Å². The molecule has 10 heteroatoms. The number of hydrogen-bond acceptors (Lipinski definition) is 6. The summed E-state index contributed by atoms with van der Waals surface area (Å²) in [4.78, 5) is 21.2. The molecule has 0 saturated carbocycles. The van der Waals surface area contributed by atoms with Gasteiger partial charge in [0.15, 0.2) is 5.82 Å². The first-order valence-corrected chi connectivity index (χ1v) is 9.37. The highest BCUT2D eigenvalue weighted by Crippen LogP contribution is 2.38. The number of nitro benzene ring substituents is 1. The van der Waals surface area contributed by atoms with E-state index in [1.54, 1.807) is 19.2 Å². The topological polar surface area (TPSA) is 75.4 Å². The molecule has 0 aliphatic rings. The van der Waals surface area contributed by atoms with Crippen LogP contribution in [0.5, 0.6) is 0 Å². The van der Waals surface area contributed by atoms with Gasteiger partial charge in [-0.15, -0.1) is 0 Å². The Balaban J connectivity index is 2.02. The van der Waals surface area contributed by atoms with Crippen molar-refractivity contribution in [2.24, 2.45) is 0 Å². The number of nitrogens with zero attached hydrogens (tertiary/aromatic N) is 5. The smallest absolute Gasteiger partial charge is 0.329 e. The number of aryl methyl sites for hydroxylation is 1. The van der Waals surface area contributed by atoms with E-state index in [0.717, 1.165) is 18.2 Å². The fourth-order valence-corrected chi connectivity index (χ4v) is 2.97. The van der Waals surface area contributed by atoms with Crippen LogP contribution in [0.3, 0.4) is 0 Å². The van der Waals surface area contributed by atoms with Gasteiger partial charge in [-0.3, -0.25) is 10.1 Å². The van der Waals surface area contributed by atoms with Crippen molar-refractivity contribution in [1.82, 2.24) is 9.97 Å². The van der Waals surface area contributed by atoms with Crippen molar-refractivity contribution in [3.8, 4) is 0 Å². The molecule has 31 heavy (non-hydrogen) atoms. The van der Waals surface area contributed by atoms with Crippen molar-refractivity contribution in [2.45, 2.75) is 19.5 Å². The number of nitro groups is 1. The number of non-ortho nitro benzene ring substituents is 1. The van der Waals surface area contributed by atoms with E-state index in [-0.39, 0.29) is 17.5 Å². The van der Waals surface area contributed by atoms with E-state index >= 15 is 0 Å². The molecule has 3 aromatic rings. The molecule has 0 N–H and O–H groups in total. The molecule has 7 nitrogen and oxygen atoms in total. The van der Waals surface area contributed by atoms with Gasteiger partial charge in [-0.25, -0.2) is 4.98 Å². The summed E-state index contributed by atoms with van der Waals surface area (Å²) in [5, 5.41) is 10.8. The fraction of sp³-hybridized carbons (Fsp3) is 0.238. The molecule has 0 fully saturated rings. The van der Waals surface area contributed by atoms with Crippen molar-refractivity contribution >= 4 is 28.8 Å². The number of alkyl halides is 3. The van der Waals surface area contributed by atoms with Crippen LogP contribution >= 0.6 is 0 Å². The monoisotopic (exact) mass is 431 g/mol. The van der Waals surface area contributed by atoms with Gasteiger partial charge in [-0.2, -0.15) is 18.2 Å². The highest BCUT2D eigenvalue weighted by molar-refractivity contribution is 5.66. The van der Waals surface area contributed by atoms with Crippen LogP contribution in [0.1, 0.15) is 18.1 Å². The lowest BCUT2D eigenvalue weighted by molar-refractivity contribution is -0.384. The van der Waals surface area contributed by atoms with Crippen LogP contribution in [-0.2, 0) is 12.6 Å². The summed E-state index contributed by atoms with van der Waals surface area (Å²) in [6, 6.07) is 12.7. The molecule has 0 aliphatic heterocycles. The fourth-order valence-electron chi connectivity index (χ4n) is 2.97. The molecule has 162 valence electrons. The Hall–Kier alpha value is -3.69. The Morgan fingerprint density at radius 3 is 2.03 bits per heavy atom. The van der Waals surface area contributed by atoms with Crippen LogP contribution in [0.25, 0.3) is 0 Å². The lowest BCUT2D eigenvalue weighted by Gasteiger charge is -2.25. The minimum absolute atomic E-state index is 0.0221. The van der Waals surface area contributed by atoms with Crippen molar-refractivity contribution in [1.29, 1.82) is 0 Å². The van der Waals surface area contributed by atoms with Gasteiger partial charge < -0.3 is 9.80 Å². The molecular formula is C21H20F3N5O2. The number of halogens is 3. The van der Waals surface area contributed by atoms with Crippen LogP contribution < -0.4 is 9.80 Å². The summed E-state index contributed by atoms with van der Waals surface area (Å²) in [6.45, 7) is 1.99. The van der Waals surface area contributed by atoms with Gasteiger partial charge in [0.25, 0.3) is 5.69 Å². The minimum Gasteiger partial charge on any atom is -0.329 e. The van der Waals surface area contributed by atoms with Gasteiger partial charge in [0.2, 0.25) is 5.95 Å². The molecule has 1 aromatic heterocycles. The highest BCUT2D eigenvalue weighted by Gasteiger charge is 2.37. The average molecular weight is 431 g/mol. The molecule has 0 amide bonds. The van der Waals surface area contributed by atoms with Crippen molar-refractivity contribution in [2.75, 3.05) is 23.9 Å². The third-order valence-electron chi connectivity index (χ3n) is 4.86. The van der Waals surface area contributed by atoms with Crippen LogP contribution in [0, 0.1) is 10.1 Å². The van der Waals surface area contributed by atoms with E-state index in [2.05, 4.69) is 9.97 Å². The molecule has 0 radical (unpaired) electrons. The number of aromatic nitrogens is 2. The van der Waals surface area contributed by atoms with Crippen LogP contribution in [0.15, 0.2) is 54.7 Å². The zero-order valence-corrected chi connectivity index (χ0v) is 17.1. The summed E-state index contributed by atoms with van der Waals surface area (Å²) in [5.74, 6) is -0.274. The maximum absolute atomic E-state index is 13.6. The highest BCUT2D eigenvalue weighted by atomic mass is 19.4. The van der Waals surface area contributed by atoms with Gasteiger partial charge in [0.05, 0.1) is 4.92 Å². The number of rotatable bonds is 6. The summed E-state index contributed by atoms with van der Waals surface area (Å²) in [5.41, 5.74) is 1.04. The lowest BCUT2D eigenvalue weighted by Crippen LogP contribution is -2.21. The Kier molecular flexibility index (Phi) is 6.09. The van der Waals surface area contributed by atoms with E-state index in [1.165, 1.54) is 41.1 Å². The zero-order chi connectivity index (χ0) is 22.8. The van der Waals surface area contributed by atoms with E-state index in [9.17, 15) is 23.3 Å². The third-order valence-corrected chi connectivity index (χ3v) is 4.86. The van der Waals surface area contributed by atoms with E-state index in [0.29, 0.717) is 11.4 Å². The maximum Gasteiger partial charge on any atom is 0.421 e. The standard InChI is InChI=1S/C21H20F3N5O2/c1-4-14-5-7-15(8-6-14)27(2)19-18(21(22,23)24)13-25-20(26-19)28(3)16-9-11-17(12-10-16)29(30)31/h5-13H,4H2,1-3H3. The molecule has 0 spiro atoms. The van der Waals surface area contributed by atoms with Gasteiger partial charge in [0.1, 0.15) is 5.56 Å². The molecular weight excluding hydrogens is 411 g/mol. The van der Waals surface area contributed by atoms with Gasteiger partial charge >= 0.3 is 6.18 Å². The number of anilines is 4. The molecule has 0 atom stereocenters. The summed E-state index contributed by atoms with van der Waals surface area (Å²) >= 11 is 0. The van der Waals surface area contributed by atoms with Crippen molar-refractivity contribution < 1.29 is 18.1 Å². The molecule has 1 heterocycles. The summed E-state index contributed by atoms with van der Waals surface area (Å²) < 4.78 is 40.9. The third kappa shape index (κ3) is 4.73. The van der Waals surface area contributed by atoms with Crippen LogP contribution in [-0.4, -0.2) is 29.0 Å². The van der Waals surface area contributed by atoms with Gasteiger partial charge in [-0.1, -0.05) is 19.1 Å². The summed E-state index contributed by atoms with van der Waals surface area (Å²) in [7, 11) is 3.08. The first-order valence-electron chi connectivity index (χ1n) is 9.37. The molecule has 0 aliphatic carbocycles. The van der Waals surface area contributed by atoms with E-state index in [1.807, 2.05) is 19.1 Å². The molecule has 0 unspecified atom stereocenters. The van der Waals surface area contributed by atoms with E-state index in [4.69, 9.17) is 0 Å². The predicted molar refractivity (Wildman–Crippen MR) is 112 cm³/mol. The zero-order valence-electron chi connectivity index (χ0n) is 17.1. The predicted octanol–water partition coefficient (Wildman–Crippen LogP) is 5.50. The average Bonchev–Trinajstić information content (AvgIpc) is 2.77. The second-order valence-electron chi connectivity index (χ2n) is 6.82. The quantitative estimate of drug-likeness (QED) is 0.379. The normalized spacial score (nSPS) is 11.3. The Morgan fingerprint density at radius 2 is 1.52 bits per heavy atom. The second-order valence-corrected chi connectivity index (χ2v) is 6.82. The molecule has 3 rings (SSSR count). The minimum atomic E-state index is -4.64. The van der Waals surface area contributed by atoms with Gasteiger partial charge in [-0.05, 0) is 36.2 Å². The SMILES string of the molecule is CCc1ccc(N(C)c2nc(N(C)c3ccc([N+](=O)[O-])cc3)ncc2C(F)(F)F)cc1. The maximum atomic E-state index is 13.6. The number of benzene rings is 2. The first kappa shape index (κ1) is 22.0. The Labute approximate surface area is 176 Å². The number of hydrogen-bond donors (Lipinski definition) is 0. The van der Waals surface area contributed by atoms with Crippen molar-refractivity contribution in [3.05, 3.63) is 76.0 Å². The van der Waals surface area contributed by atoms with Crippen LogP contribution in [0.2, 0.25) is 0 Å². The molecule has 2 aromatic carbocycles. The largest absolute Gasteiger partial charge is 0.421 e. The summed E-state index contributed by atoms with van der Waals surface area (Å²) in [6.07, 6.45) is -3.08. The van der Waals surface area contributed by atoms with Crippen LogP contribution in [0.4, 0.5) is 42.0 Å². The molecule has 0 bridgehead atoms.